The van der Waals surface area contributed by atoms with Crippen LogP contribution in [0.1, 0.15) is 50.0 Å². The van der Waals surface area contributed by atoms with Crippen LogP contribution in [0.2, 0.25) is 0 Å². The molecular formula is C23H31N7O2S. The number of rotatable bonds is 7. The molecule has 10 heteroatoms. The summed E-state index contributed by atoms with van der Waals surface area (Å²) in [4.78, 5) is 5.17. The minimum absolute atomic E-state index is 0.255. The Morgan fingerprint density at radius 1 is 1.06 bits per heavy atom. The molecule has 2 aliphatic rings. The quantitative estimate of drug-likeness (QED) is 0.486. The molecule has 33 heavy (non-hydrogen) atoms. The van der Waals surface area contributed by atoms with Gasteiger partial charge < -0.3 is 16.4 Å². The highest BCUT2D eigenvalue weighted by atomic mass is 32.2. The maximum atomic E-state index is 12.4. The first-order chi connectivity index (χ1) is 15.8. The lowest BCUT2D eigenvalue weighted by molar-refractivity contribution is 0.410. The van der Waals surface area contributed by atoms with Gasteiger partial charge in [-0.25, -0.2) is 17.7 Å². The van der Waals surface area contributed by atoms with E-state index in [-0.39, 0.29) is 4.90 Å². The van der Waals surface area contributed by atoms with Gasteiger partial charge in [-0.15, -0.1) is 0 Å². The number of sulfonamides is 1. The SMILES string of the molecule is CN(C)S(=O)(=O)c1ccc(Nc2cc(NC3CCC(N)CC3)nc3c(C4CC4)cnn23)cc1. The van der Waals surface area contributed by atoms with Crippen LogP contribution in [0.3, 0.4) is 0 Å². The fourth-order valence-electron chi connectivity index (χ4n) is 4.37. The summed E-state index contributed by atoms with van der Waals surface area (Å²) in [5.41, 5.74) is 8.89. The van der Waals surface area contributed by atoms with Crippen LogP contribution in [0.25, 0.3) is 5.65 Å². The second kappa shape index (κ2) is 8.58. The molecule has 0 unspecified atom stereocenters. The zero-order valence-corrected chi connectivity index (χ0v) is 19.8. The molecule has 3 aromatic rings. The van der Waals surface area contributed by atoms with E-state index in [2.05, 4.69) is 15.7 Å². The van der Waals surface area contributed by atoms with Gasteiger partial charge in [0.1, 0.15) is 11.6 Å². The molecule has 5 rings (SSSR count). The first-order valence-corrected chi connectivity index (χ1v) is 13.0. The van der Waals surface area contributed by atoms with Crippen LogP contribution in [0.15, 0.2) is 41.4 Å². The van der Waals surface area contributed by atoms with Crippen LogP contribution in [-0.4, -0.2) is 53.5 Å². The lowest BCUT2D eigenvalue weighted by Gasteiger charge is -2.27. The molecule has 0 saturated heterocycles. The lowest BCUT2D eigenvalue weighted by Crippen LogP contribution is -2.33. The van der Waals surface area contributed by atoms with Crippen LogP contribution < -0.4 is 16.4 Å². The summed E-state index contributed by atoms with van der Waals surface area (Å²) in [7, 11) is -0.415. The Kier molecular flexibility index (Phi) is 5.75. The second-order valence-electron chi connectivity index (χ2n) is 9.33. The highest BCUT2D eigenvalue weighted by molar-refractivity contribution is 7.89. The molecule has 2 saturated carbocycles. The maximum Gasteiger partial charge on any atom is 0.242 e. The van der Waals surface area contributed by atoms with Crippen molar-refractivity contribution in [2.45, 2.75) is 61.4 Å². The first-order valence-electron chi connectivity index (χ1n) is 11.5. The highest BCUT2D eigenvalue weighted by Gasteiger charge is 2.29. The normalized spacial score (nSPS) is 21.5. The molecule has 9 nitrogen and oxygen atoms in total. The molecule has 0 radical (unpaired) electrons. The number of aromatic nitrogens is 3. The van der Waals surface area contributed by atoms with Crippen molar-refractivity contribution in [2.24, 2.45) is 5.73 Å². The minimum atomic E-state index is -3.47. The highest BCUT2D eigenvalue weighted by Crippen LogP contribution is 2.42. The van der Waals surface area contributed by atoms with Gasteiger partial charge in [-0.3, -0.25) is 0 Å². The number of nitrogens with two attached hydrogens (primary N) is 1. The molecule has 2 heterocycles. The van der Waals surface area contributed by atoms with E-state index in [1.54, 1.807) is 24.3 Å². The Morgan fingerprint density at radius 3 is 2.39 bits per heavy atom. The van der Waals surface area contributed by atoms with Gasteiger partial charge in [0, 0.05) is 43.5 Å². The number of fused-ring (bicyclic) bond motifs is 1. The van der Waals surface area contributed by atoms with E-state index in [4.69, 9.17) is 10.7 Å². The van der Waals surface area contributed by atoms with Crippen molar-refractivity contribution >= 4 is 33.0 Å². The third-order valence-corrected chi connectivity index (χ3v) is 8.37. The summed E-state index contributed by atoms with van der Waals surface area (Å²) in [6, 6.07) is 9.38. The van der Waals surface area contributed by atoms with Crippen molar-refractivity contribution in [1.29, 1.82) is 0 Å². The van der Waals surface area contributed by atoms with Crippen molar-refractivity contribution < 1.29 is 8.42 Å². The van der Waals surface area contributed by atoms with Gasteiger partial charge in [0.15, 0.2) is 5.65 Å². The Hall–Kier alpha value is -2.69. The van der Waals surface area contributed by atoms with E-state index < -0.39 is 10.0 Å². The van der Waals surface area contributed by atoms with E-state index in [1.165, 1.54) is 36.8 Å². The van der Waals surface area contributed by atoms with Gasteiger partial charge in [0.25, 0.3) is 0 Å². The molecule has 0 aliphatic heterocycles. The zero-order chi connectivity index (χ0) is 23.2. The molecule has 0 spiro atoms. The Labute approximate surface area is 194 Å². The summed E-state index contributed by atoms with van der Waals surface area (Å²) in [5, 5.41) is 11.6. The van der Waals surface area contributed by atoms with E-state index in [9.17, 15) is 8.42 Å². The number of benzene rings is 1. The topological polar surface area (TPSA) is 118 Å². The fourth-order valence-corrected chi connectivity index (χ4v) is 5.27. The number of anilines is 3. The second-order valence-corrected chi connectivity index (χ2v) is 11.5. The largest absolute Gasteiger partial charge is 0.367 e. The summed E-state index contributed by atoms with van der Waals surface area (Å²) in [5.74, 6) is 2.13. The average Bonchev–Trinajstić information content (AvgIpc) is 3.54. The van der Waals surface area contributed by atoms with E-state index in [0.29, 0.717) is 18.0 Å². The molecule has 0 atom stereocenters. The third-order valence-electron chi connectivity index (χ3n) is 6.55. The van der Waals surface area contributed by atoms with E-state index in [1.807, 2.05) is 16.8 Å². The molecule has 4 N–H and O–H groups in total. The number of nitrogens with one attached hydrogen (secondary N) is 2. The summed E-state index contributed by atoms with van der Waals surface area (Å²) in [6.07, 6.45) is 8.38. The van der Waals surface area contributed by atoms with Crippen molar-refractivity contribution in [2.75, 3.05) is 24.7 Å². The van der Waals surface area contributed by atoms with Gasteiger partial charge in [0.05, 0.1) is 11.1 Å². The fraction of sp³-hybridized carbons (Fsp3) is 0.478. The Morgan fingerprint density at radius 2 is 1.76 bits per heavy atom. The monoisotopic (exact) mass is 469 g/mol. The Bertz CT molecular complexity index is 1240. The molecule has 2 aliphatic carbocycles. The molecule has 2 fully saturated rings. The van der Waals surface area contributed by atoms with E-state index >= 15 is 0 Å². The third kappa shape index (κ3) is 4.55. The molecule has 2 aromatic heterocycles. The average molecular weight is 470 g/mol. The summed E-state index contributed by atoms with van der Waals surface area (Å²) in [6.45, 7) is 0. The van der Waals surface area contributed by atoms with Crippen LogP contribution in [0.4, 0.5) is 17.3 Å². The van der Waals surface area contributed by atoms with Gasteiger partial charge in [-0.2, -0.15) is 9.61 Å². The van der Waals surface area contributed by atoms with Crippen molar-refractivity contribution in [3.63, 3.8) is 0 Å². The smallest absolute Gasteiger partial charge is 0.242 e. The molecule has 176 valence electrons. The van der Waals surface area contributed by atoms with Crippen molar-refractivity contribution in [3.8, 4) is 0 Å². The molecular weight excluding hydrogens is 438 g/mol. The van der Waals surface area contributed by atoms with Crippen LogP contribution in [0, 0.1) is 0 Å². The first kappa shape index (κ1) is 22.1. The lowest BCUT2D eigenvalue weighted by atomic mass is 9.92. The number of nitrogens with zero attached hydrogens (tertiary/aromatic N) is 4. The molecule has 0 amide bonds. The van der Waals surface area contributed by atoms with Crippen molar-refractivity contribution in [3.05, 3.63) is 42.1 Å². The van der Waals surface area contributed by atoms with Gasteiger partial charge in [-0.1, -0.05) is 0 Å². The summed E-state index contributed by atoms with van der Waals surface area (Å²) < 4.78 is 27.8. The number of hydrogen-bond acceptors (Lipinski definition) is 7. The zero-order valence-electron chi connectivity index (χ0n) is 19.0. The standard InChI is InChI=1S/C23H31N7O2S/c1-29(2)33(31,32)19-11-9-18(10-12-19)27-22-13-21(26-17-7-5-16(24)6-8-17)28-23-20(15-3-4-15)14-25-30(22)23/h9-17,27H,3-8,24H2,1-2H3,(H,26,28). The molecule has 0 bridgehead atoms. The predicted molar refractivity (Wildman–Crippen MR) is 129 cm³/mol. The van der Waals surface area contributed by atoms with Gasteiger partial charge in [0.2, 0.25) is 10.0 Å². The van der Waals surface area contributed by atoms with Gasteiger partial charge in [-0.05, 0) is 68.7 Å². The Balaban J connectivity index is 1.45. The van der Waals surface area contributed by atoms with Crippen molar-refractivity contribution in [1.82, 2.24) is 18.9 Å². The maximum absolute atomic E-state index is 12.4. The van der Waals surface area contributed by atoms with Crippen LogP contribution in [0.5, 0.6) is 0 Å². The van der Waals surface area contributed by atoms with Crippen LogP contribution in [-0.2, 0) is 10.0 Å². The van der Waals surface area contributed by atoms with E-state index in [0.717, 1.165) is 48.7 Å². The summed E-state index contributed by atoms with van der Waals surface area (Å²) >= 11 is 0. The van der Waals surface area contributed by atoms with Crippen LogP contribution >= 0.6 is 0 Å². The van der Waals surface area contributed by atoms with Gasteiger partial charge >= 0.3 is 0 Å². The number of hydrogen-bond donors (Lipinski definition) is 3. The predicted octanol–water partition coefficient (Wildman–Crippen LogP) is 3.28. The minimum Gasteiger partial charge on any atom is -0.367 e. The molecule has 1 aromatic carbocycles.